The molecule has 0 amide bonds. The van der Waals surface area contributed by atoms with Crippen LogP contribution in [0.1, 0.15) is 5.69 Å². The van der Waals surface area contributed by atoms with Gasteiger partial charge in [0.1, 0.15) is 5.15 Å². The molecular formula is C11H8ClF2N3O. The molecule has 2 rings (SSSR count). The molecule has 0 fully saturated rings. The average molecular weight is 272 g/mol. The number of pyridine rings is 1. The Morgan fingerprint density at radius 2 is 2.11 bits per heavy atom. The second-order valence-electron chi connectivity index (χ2n) is 3.39. The van der Waals surface area contributed by atoms with Gasteiger partial charge in [-0.15, -0.1) is 0 Å². The summed E-state index contributed by atoms with van der Waals surface area (Å²) in [6.07, 6.45) is 2.69. The zero-order chi connectivity index (χ0) is 13.1. The fourth-order valence-electron chi connectivity index (χ4n) is 1.45. The molecule has 2 aromatic heterocycles. The number of ether oxygens (including phenoxy) is 1. The van der Waals surface area contributed by atoms with Crippen molar-refractivity contribution in [1.29, 1.82) is 0 Å². The lowest BCUT2D eigenvalue weighted by molar-refractivity contribution is 0.177. The molecule has 0 spiro atoms. The predicted molar refractivity (Wildman–Crippen MR) is 61.6 cm³/mol. The van der Waals surface area contributed by atoms with E-state index in [0.29, 0.717) is 17.0 Å². The topological polar surface area (TPSA) is 47.9 Å². The first-order valence-electron chi connectivity index (χ1n) is 4.95. The summed E-state index contributed by atoms with van der Waals surface area (Å²) in [5, 5.41) is 0.252. The number of aromatic nitrogens is 3. The second kappa shape index (κ2) is 5.22. The van der Waals surface area contributed by atoms with Crippen molar-refractivity contribution in [3.8, 4) is 17.1 Å². The molecule has 0 saturated carbocycles. The van der Waals surface area contributed by atoms with Crippen LogP contribution in [0.3, 0.4) is 0 Å². The highest BCUT2D eigenvalue weighted by molar-refractivity contribution is 6.29. The van der Waals surface area contributed by atoms with Gasteiger partial charge in [-0.05, 0) is 13.0 Å². The van der Waals surface area contributed by atoms with Gasteiger partial charge < -0.3 is 4.74 Å². The van der Waals surface area contributed by atoms with Gasteiger partial charge in [0.2, 0.25) is 6.86 Å². The fraction of sp³-hybridized carbons (Fsp3) is 0.182. The van der Waals surface area contributed by atoms with Gasteiger partial charge in [0.05, 0.1) is 17.6 Å². The SMILES string of the molecule is Cc1nc(Cl)cnc1-c1cnc(OCF)c(F)c1. The van der Waals surface area contributed by atoms with Gasteiger partial charge in [0.15, 0.2) is 5.82 Å². The van der Waals surface area contributed by atoms with Crippen molar-refractivity contribution in [2.45, 2.75) is 6.92 Å². The zero-order valence-corrected chi connectivity index (χ0v) is 10.1. The van der Waals surface area contributed by atoms with E-state index in [4.69, 9.17) is 11.6 Å². The van der Waals surface area contributed by atoms with Gasteiger partial charge in [-0.25, -0.2) is 18.7 Å². The van der Waals surface area contributed by atoms with Crippen LogP contribution < -0.4 is 4.74 Å². The van der Waals surface area contributed by atoms with E-state index in [2.05, 4.69) is 19.7 Å². The predicted octanol–water partition coefficient (Wildman–Crippen LogP) is 2.95. The smallest absolute Gasteiger partial charge is 0.252 e. The molecule has 0 aromatic carbocycles. The molecule has 94 valence electrons. The summed E-state index contributed by atoms with van der Waals surface area (Å²) in [5.41, 5.74) is 1.42. The lowest BCUT2D eigenvalue weighted by Gasteiger charge is -2.06. The summed E-state index contributed by atoms with van der Waals surface area (Å²) < 4.78 is 29.8. The first-order chi connectivity index (χ1) is 8.61. The summed E-state index contributed by atoms with van der Waals surface area (Å²) in [5.74, 6) is -1.15. The molecule has 7 heteroatoms. The van der Waals surface area contributed by atoms with E-state index in [-0.39, 0.29) is 11.0 Å². The minimum absolute atomic E-state index is 0.252. The molecule has 0 aliphatic rings. The highest BCUT2D eigenvalue weighted by Gasteiger charge is 2.11. The van der Waals surface area contributed by atoms with Crippen LogP contribution in [-0.4, -0.2) is 21.8 Å². The van der Waals surface area contributed by atoms with Crippen LogP contribution in [0.5, 0.6) is 5.88 Å². The van der Waals surface area contributed by atoms with Crippen LogP contribution in [0.4, 0.5) is 8.78 Å². The molecule has 18 heavy (non-hydrogen) atoms. The van der Waals surface area contributed by atoms with Gasteiger partial charge >= 0.3 is 0 Å². The number of aryl methyl sites for hydroxylation is 1. The highest BCUT2D eigenvalue weighted by Crippen LogP contribution is 2.24. The summed E-state index contributed by atoms with van der Waals surface area (Å²) in [6, 6.07) is 1.16. The Bertz CT molecular complexity index is 580. The van der Waals surface area contributed by atoms with Crippen LogP contribution in [0.2, 0.25) is 5.15 Å². The number of halogens is 3. The number of hydrogen-bond acceptors (Lipinski definition) is 4. The van der Waals surface area contributed by atoms with Crippen molar-refractivity contribution in [3.63, 3.8) is 0 Å². The molecule has 0 aliphatic heterocycles. The minimum Gasteiger partial charge on any atom is -0.444 e. The Morgan fingerprint density at radius 1 is 1.33 bits per heavy atom. The third-order valence-electron chi connectivity index (χ3n) is 2.19. The maximum atomic E-state index is 13.5. The van der Waals surface area contributed by atoms with Crippen molar-refractivity contribution in [2.24, 2.45) is 0 Å². The Hall–Kier alpha value is -1.82. The number of rotatable bonds is 3. The van der Waals surface area contributed by atoms with Gasteiger partial charge in [0, 0.05) is 11.8 Å². The molecule has 2 heterocycles. The standard InChI is InChI=1S/C11H8ClF2N3O/c1-6-10(15-4-9(12)17-6)7-2-8(14)11(16-3-7)18-5-13/h2-4H,5H2,1H3. The van der Waals surface area contributed by atoms with Crippen LogP contribution in [0.15, 0.2) is 18.5 Å². The van der Waals surface area contributed by atoms with Gasteiger partial charge in [-0.2, -0.15) is 0 Å². The van der Waals surface area contributed by atoms with E-state index in [0.717, 1.165) is 6.07 Å². The van der Waals surface area contributed by atoms with Crippen LogP contribution in [0, 0.1) is 12.7 Å². The van der Waals surface area contributed by atoms with E-state index in [9.17, 15) is 8.78 Å². The molecule has 0 bridgehead atoms. The Morgan fingerprint density at radius 3 is 2.72 bits per heavy atom. The maximum absolute atomic E-state index is 13.5. The summed E-state index contributed by atoms with van der Waals surface area (Å²) in [7, 11) is 0. The van der Waals surface area contributed by atoms with Crippen molar-refractivity contribution < 1.29 is 13.5 Å². The van der Waals surface area contributed by atoms with Gasteiger partial charge in [-0.3, -0.25) is 4.98 Å². The molecule has 4 nitrogen and oxygen atoms in total. The van der Waals surface area contributed by atoms with Gasteiger partial charge in [0.25, 0.3) is 5.88 Å². The minimum atomic E-state index is -1.14. The Labute approximate surface area is 107 Å². The van der Waals surface area contributed by atoms with Crippen LogP contribution in [-0.2, 0) is 0 Å². The lowest BCUT2D eigenvalue weighted by Crippen LogP contribution is -1.98. The van der Waals surface area contributed by atoms with E-state index in [1.807, 2.05) is 0 Å². The van der Waals surface area contributed by atoms with Crippen molar-refractivity contribution in [2.75, 3.05) is 6.86 Å². The highest BCUT2D eigenvalue weighted by atomic mass is 35.5. The number of nitrogens with zero attached hydrogens (tertiary/aromatic N) is 3. The van der Waals surface area contributed by atoms with Crippen LogP contribution in [0.25, 0.3) is 11.3 Å². The number of hydrogen-bond donors (Lipinski definition) is 0. The molecule has 2 aromatic rings. The molecule has 0 saturated heterocycles. The van der Waals surface area contributed by atoms with Crippen molar-refractivity contribution in [3.05, 3.63) is 35.1 Å². The normalized spacial score (nSPS) is 10.4. The lowest BCUT2D eigenvalue weighted by atomic mass is 10.1. The molecule has 0 atom stereocenters. The monoisotopic (exact) mass is 271 g/mol. The molecule has 0 N–H and O–H groups in total. The zero-order valence-electron chi connectivity index (χ0n) is 9.32. The largest absolute Gasteiger partial charge is 0.444 e. The first-order valence-corrected chi connectivity index (χ1v) is 5.33. The second-order valence-corrected chi connectivity index (χ2v) is 3.78. The van der Waals surface area contributed by atoms with Crippen LogP contribution >= 0.6 is 11.6 Å². The summed E-state index contributed by atoms with van der Waals surface area (Å²) in [6.45, 7) is 0.557. The molecule has 0 unspecified atom stereocenters. The Balaban J connectivity index is 2.42. The van der Waals surface area contributed by atoms with E-state index < -0.39 is 12.7 Å². The third kappa shape index (κ3) is 2.53. The summed E-state index contributed by atoms with van der Waals surface area (Å²) >= 11 is 5.68. The maximum Gasteiger partial charge on any atom is 0.252 e. The van der Waals surface area contributed by atoms with E-state index in [1.165, 1.54) is 12.4 Å². The first kappa shape index (κ1) is 12.6. The van der Waals surface area contributed by atoms with E-state index >= 15 is 0 Å². The number of alkyl halides is 1. The third-order valence-corrected chi connectivity index (χ3v) is 2.37. The van der Waals surface area contributed by atoms with E-state index in [1.54, 1.807) is 6.92 Å². The van der Waals surface area contributed by atoms with Crippen molar-refractivity contribution >= 4 is 11.6 Å². The Kier molecular flexibility index (Phi) is 3.66. The average Bonchev–Trinajstić information content (AvgIpc) is 2.32. The fourth-order valence-corrected chi connectivity index (χ4v) is 1.63. The van der Waals surface area contributed by atoms with Gasteiger partial charge in [-0.1, -0.05) is 11.6 Å². The quantitative estimate of drug-likeness (QED) is 0.861. The molecule has 0 aliphatic carbocycles. The van der Waals surface area contributed by atoms with Crippen molar-refractivity contribution in [1.82, 2.24) is 15.0 Å². The molecular weight excluding hydrogens is 264 g/mol. The molecule has 0 radical (unpaired) electrons. The summed E-state index contributed by atoms with van der Waals surface area (Å²) in [4.78, 5) is 11.7.